The minimum absolute atomic E-state index is 0.753. The third-order valence-corrected chi connectivity index (χ3v) is 3.76. The molecule has 1 heterocycles. The van der Waals surface area contributed by atoms with Crippen molar-refractivity contribution in [2.75, 3.05) is 7.11 Å². The number of benzene rings is 1. The van der Waals surface area contributed by atoms with Gasteiger partial charge in [0, 0.05) is 11.1 Å². The molecule has 2 aromatic rings. The minimum Gasteiger partial charge on any atom is -0.496 e. The lowest BCUT2D eigenvalue weighted by atomic mass is 10.2. The van der Waals surface area contributed by atoms with Crippen LogP contribution < -0.4 is 4.74 Å². The van der Waals surface area contributed by atoms with E-state index in [1.807, 2.05) is 21.8 Å². The zero-order valence-electron chi connectivity index (χ0n) is 7.84. The Labute approximate surface area is 101 Å². The van der Waals surface area contributed by atoms with Crippen LogP contribution in [0.2, 0.25) is 5.02 Å². The molecule has 0 fully saturated rings. The van der Waals surface area contributed by atoms with Gasteiger partial charge in [-0.2, -0.15) is 0 Å². The molecule has 14 heavy (non-hydrogen) atoms. The molecule has 0 spiro atoms. The monoisotopic (exact) mass is 321 g/mol. The lowest BCUT2D eigenvalue weighted by Crippen LogP contribution is -1.85. The number of halogens is 2. The van der Waals surface area contributed by atoms with Gasteiger partial charge in [-0.05, 0) is 25.1 Å². The van der Waals surface area contributed by atoms with Crippen LogP contribution in [0.25, 0.3) is 10.9 Å². The van der Waals surface area contributed by atoms with E-state index in [4.69, 9.17) is 16.3 Å². The summed E-state index contributed by atoms with van der Waals surface area (Å²) in [5.41, 5.74) is 2.18. The molecule has 0 aliphatic carbocycles. The Morgan fingerprint density at radius 1 is 1.43 bits per heavy atom. The Balaban J connectivity index is 2.91. The van der Waals surface area contributed by atoms with E-state index in [0.29, 0.717) is 0 Å². The number of nitrogens with zero attached hydrogens (tertiary/aromatic N) is 1. The fourth-order valence-corrected chi connectivity index (χ4v) is 2.57. The molecular formula is C10H9ClINO. The van der Waals surface area contributed by atoms with Gasteiger partial charge in [0.15, 0.2) is 0 Å². The second-order valence-electron chi connectivity index (χ2n) is 3.08. The fraction of sp³-hybridized carbons (Fsp3) is 0.200. The molecule has 0 bridgehead atoms. The maximum atomic E-state index is 6.12. The quantitative estimate of drug-likeness (QED) is 0.729. The van der Waals surface area contributed by atoms with E-state index in [9.17, 15) is 0 Å². The van der Waals surface area contributed by atoms with E-state index in [2.05, 4.69) is 28.9 Å². The van der Waals surface area contributed by atoms with Gasteiger partial charge in [0.1, 0.15) is 5.75 Å². The zero-order valence-corrected chi connectivity index (χ0v) is 10.8. The van der Waals surface area contributed by atoms with Crippen LogP contribution in [0.4, 0.5) is 0 Å². The van der Waals surface area contributed by atoms with E-state index < -0.39 is 0 Å². The molecule has 74 valence electrons. The number of rotatable bonds is 1. The van der Waals surface area contributed by atoms with Gasteiger partial charge in [-0.3, -0.25) is 2.78 Å². The van der Waals surface area contributed by atoms with Crippen molar-refractivity contribution >= 4 is 45.4 Å². The summed E-state index contributed by atoms with van der Waals surface area (Å²) in [6.07, 6.45) is 0. The Hall–Kier alpha value is -0.420. The highest BCUT2D eigenvalue weighted by Crippen LogP contribution is 2.34. The van der Waals surface area contributed by atoms with Gasteiger partial charge >= 0.3 is 0 Å². The first-order valence-corrected chi connectivity index (χ1v) is 5.50. The molecule has 0 N–H and O–H groups in total. The summed E-state index contributed by atoms with van der Waals surface area (Å²) < 4.78 is 7.32. The second-order valence-corrected chi connectivity index (χ2v) is 4.45. The van der Waals surface area contributed by atoms with Gasteiger partial charge in [-0.15, -0.1) is 0 Å². The number of hydrogen-bond donors (Lipinski definition) is 0. The third kappa shape index (κ3) is 1.39. The summed E-state index contributed by atoms with van der Waals surface area (Å²) in [5, 5.41) is 1.82. The van der Waals surface area contributed by atoms with Gasteiger partial charge < -0.3 is 4.74 Å². The maximum Gasteiger partial charge on any atom is 0.128 e. The van der Waals surface area contributed by atoms with Crippen molar-refractivity contribution in [1.29, 1.82) is 0 Å². The number of hydrogen-bond acceptors (Lipinski definition) is 1. The Morgan fingerprint density at radius 2 is 2.14 bits per heavy atom. The summed E-state index contributed by atoms with van der Waals surface area (Å²) in [5.74, 6) is 0.864. The Kier molecular flexibility index (Phi) is 2.62. The average Bonchev–Trinajstić information content (AvgIpc) is 2.45. The van der Waals surface area contributed by atoms with Gasteiger partial charge in [0.25, 0.3) is 0 Å². The van der Waals surface area contributed by atoms with Crippen LogP contribution >= 0.6 is 34.5 Å². The van der Waals surface area contributed by atoms with E-state index in [0.717, 1.165) is 27.4 Å². The van der Waals surface area contributed by atoms with E-state index in [1.165, 1.54) is 0 Å². The lowest BCUT2D eigenvalue weighted by molar-refractivity contribution is 0.420. The first kappa shape index (κ1) is 10.1. The van der Waals surface area contributed by atoms with Gasteiger partial charge in [0.2, 0.25) is 0 Å². The SMILES string of the molecule is COc1ccc(Cl)c2c1cc(C)n2I. The summed E-state index contributed by atoms with van der Waals surface area (Å²) in [6.45, 7) is 2.04. The van der Waals surface area contributed by atoms with E-state index in [1.54, 1.807) is 7.11 Å². The number of methoxy groups -OCH3 is 1. The van der Waals surface area contributed by atoms with Gasteiger partial charge in [-0.25, -0.2) is 0 Å². The lowest BCUT2D eigenvalue weighted by Gasteiger charge is -2.03. The first-order valence-electron chi connectivity index (χ1n) is 4.16. The predicted octanol–water partition coefficient (Wildman–Crippen LogP) is 3.81. The highest BCUT2D eigenvalue weighted by molar-refractivity contribution is 14.1. The zero-order chi connectivity index (χ0) is 10.3. The van der Waals surface area contributed by atoms with Crippen LogP contribution in [0.15, 0.2) is 18.2 Å². The highest BCUT2D eigenvalue weighted by Gasteiger charge is 2.11. The van der Waals surface area contributed by atoms with Crippen molar-refractivity contribution in [2.24, 2.45) is 0 Å². The average molecular weight is 322 g/mol. The molecule has 0 saturated carbocycles. The Bertz CT molecular complexity index is 492. The standard InChI is InChI=1S/C10H9ClINO/c1-6-5-7-9(14-2)4-3-8(11)10(7)13(6)12/h3-5H,1-2H3. The molecule has 0 aliphatic rings. The smallest absolute Gasteiger partial charge is 0.128 e. The third-order valence-electron chi connectivity index (χ3n) is 2.21. The number of aromatic nitrogens is 1. The molecule has 0 unspecified atom stereocenters. The molecule has 0 aliphatic heterocycles. The molecule has 0 saturated heterocycles. The maximum absolute atomic E-state index is 6.12. The molecule has 1 aromatic heterocycles. The Morgan fingerprint density at radius 3 is 2.79 bits per heavy atom. The van der Waals surface area contributed by atoms with Crippen molar-refractivity contribution < 1.29 is 4.74 Å². The summed E-state index contributed by atoms with van der Waals surface area (Å²) in [4.78, 5) is 0. The van der Waals surface area contributed by atoms with Crippen LogP contribution in [-0.2, 0) is 0 Å². The van der Waals surface area contributed by atoms with E-state index >= 15 is 0 Å². The summed E-state index contributed by atoms with van der Waals surface area (Å²) >= 11 is 8.36. The minimum atomic E-state index is 0.753. The van der Waals surface area contributed by atoms with Crippen LogP contribution in [0.1, 0.15) is 5.69 Å². The molecule has 0 amide bonds. The molecule has 0 radical (unpaired) electrons. The van der Waals surface area contributed by atoms with Crippen LogP contribution in [0, 0.1) is 6.92 Å². The molecular weight excluding hydrogens is 312 g/mol. The normalized spacial score (nSPS) is 10.9. The molecule has 2 rings (SSSR count). The van der Waals surface area contributed by atoms with Crippen molar-refractivity contribution in [3.8, 4) is 5.75 Å². The number of fused-ring (bicyclic) bond motifs is 1. The predicted molar refractivity (Wildman–Crippen MR) is 67.7 cm³/mol. The van der Waals surface area contributed by atoms with Crippen LogP contribution in [0.5, 0.6) is 5.75 Å². The summed E-state index contributed by atoms with van der Waals surface area (Å²) in [7, 11) is 1.67. The molecule has 1 aromatic carbocycles. The molecule has 4 heteroatoms. The van der Waals surface area contributed by atoms with Crippen LogP contribution in [-0.4, -0.2) is 9.89 Å². The number of aryl methyl sites for hydroxylation is 1. The second kappa shape index (κ2) is 3.62. The van der Waals surface area contributed by atoms with Gasteiger partial charge in [-0.1, -0.05) is 11.6 Å². The summed E-state index contributed by atoms with van der Waals surface area (Å²) in [6, 6.07) is 5.82. The van der Waals surface area contributed by atoms with Gasteiger partial charge in [0.05, 0.1) is 40.5 Å². The highest BCUT2D eigenvalue weighted by atomic mass is 127. The van der Waals surface area contributed by atoms with E-state index in [-0.39, 0.29) is 0 Å². The van der Waals surface area contributed by atoms with Crippen molar-refractivity contribution in [3.05, 3.63) is 28.9 Å². The first-order chi connectivity index (χ1) is 6.65. The largest absolute Gasteiger partial charge is 0.496 e. The topological polar surface area (TPSA) is 14.2 Å². The van der Waals surface area contributed by atoms with Crippen LogP contribution in [0.3, 0.4) is 0 Å². The van der Waals surface area contributed by atoms with Crippen molar-refractivity contribution in [2.45, 2.75) is 6.92 Å². The van der Waals surface area contributed by atoms with Crippen molar-refractivity contribution in [1.82, 2.24) is 2.78 Å². The number of ether oxygens (including phenoxy) is 1. The molecule has 0 atom stereocenters. The fourth-order valence-electron chi connectivity index (χ4n) is 1.52. The van der Waals surface area contributed by atoms with Crippen molar-refractivity contribution in [3.63, 3.8) is 0 Å². The molecule has 2 nitrogen and oxygen atoms in total.